The predicted octanol–water partition coefficient (Wildman–Crippen LogP) is 10.1. The number of nitrogens with zero attached hydrogens (tertiary/aromatic N) is 3. The normalized spacial score (nSPS) is 12.1. The third kappa shape index (κ3) is 13.8. The number of rotatable bonds is 22. The Morgan fingerprint density at radius 3 is 0.712 bits per heavy atom. The molecule has 0 saturated carbocycles. The quantitative estimate of drug-likeness (QED) is 0.0597. The van der Waals surface area contributed by atoms with E-state index in [0.29, 0.717) is 44.5 Å². The fraction of sp³-hybridized carbons (Fsp3) is 0.228. The lowest BCUT2D eigenvalue weighted by Gasteiger charge is -2.25. The second-order valence-corrected chi connectivity index (χ2v) is 23.5. The fourth-order valence-corrected chi connectivity index (χ4v) is 12.1. The van der Waals surface area contributed by atoms with Crippen molar-refractivity contribution in [1.82, 2.24) is 12.9 Å². The first-order valence-corrected chi connectivity index (χ1v) is 28.1. The molecule has 0 heterocycles. The average Bonchev–Trinajstić information content (AvgIpc) is 3.37. The van der Waals surface area contributed by atoms with Crippen molar-refractivity contribution in [2.75, 3.05) is 13.2 Å². The molecule has 0 spiro atoms. The molecule has 0 N–H and O–H groups in total. The van der Waals surface area contributed by atoms with E-state index in [2.05, 4.69) is 0 Å². The lowest BCUT2D eigenvalue weighted by atomic mass is 10.1. The van der Waals surface area contributed by atoms with E-state index >= 15 is 0 Å². The molecule has 0 aliphatic carbocycles. The van der Waals surface area contributed by atoms with Crippen LogP contribution < -0.4 is 0 Å². The van der Waals surface area contributed by atoms with Crippen LogP contribution in [0.4, 0.5) is 0 Å². The molecule has 0 unspecified atom stereocenters. The number of carbonyl (C=O) groups excluding carboxylic acids is 2. The van der Waals surface area contributed by atoms with Gasteiger partial charge in [-0.3, -0.25) is 0 Å². The number of carbonyl (C=O) groups is 2. The molecule has 13 nitrogen and oxygen atoms in total. The van der Waals surface area contributed by atoms with Crippen LogP contribution in [-0.4, -0.2) is 63.3 Å². The van der Waals surface area contributed by atoms with Crippen LogP contribution in [-0.2, 0) is 78.8 Å². The van der Waals surface area contributed by atoms with Crippen LogP contribution in [0, 0.1) is 20.8 Å². The summed E-state index contributed by atoms with van der Waals surface area (Å²) in [5.74, 6) is -0.939. The van der Waals surface area contributed by atoms with Gasteiger partial charge in [-0.25, -0.2) is 34.8 Å². The van der Waals surface area contributed by atoms with Crippen LogP contribution in [0.5, 0.6) is 0 Å². The molecule has 0 saturated heterocycles. The Hall–Kier alpha value is -6.79. The molecule has 0 aliphatic heterocycles. The standard InChI is InChI=1S/C57H59N3O10S3/c1-6-69-56(61)51-26-22-49(23-27-51)40-59(72(65,66)54-32-10-43(4)11-33-54)38-47-18-14-45(15-19-47)36-58(71(63,64)53-30-8-42(3)9-31-53)37-46-16-20-48(21-17-46)39-60(73(67,68)55-34-12-44(5)13-35-55)41-50-24-28-52(29-25-50)57(62)70-7-2/h8-35H,6-7,36-41H2,1-5H3. The van der Waals surface area contributed by atoms with E-state index in [1.165, 1.54) is 12.9 Å². The molecule has 7 rings (SSSR count). The predicted molar refractivity (Wildman–Crippen MR) is 281 cm³/mol. The summed E-state index contributed by atoms with van der Waals surface area (Å²) in [6.45, 7) is 9.51. The maximum absolute atomic E-state index is 14.5. The minimum absolute atomic E-state index is 0.000637. The molecule has 7 aromatic rings. The monoisotopic (exact) mass is 1040 g/mol. The Kier molecular flexibility index (Phi) is 17.6. The van der Waals surface area contributed by atoms with Crippen LogP contribution in [0.3, 0.4) is 0 Å². The summed E-state index contributed by atoms with van der Waals surface area (Å²) in [6.07, 6.45) is 0. The van der Waals surface area contributed by atoms with Crippen molar-refractivity contribution in [3.63, 3.8) is 0 Å². The van der Waals surface area contributed by atoms with Gasteiger partial charge in [0.05, 0.1) is 39.0 Å². The van der Waals surface area contributed by atoms with Gasteiger partial charge in [-0.15, -0.1) is 0 Å². The molecule has 0 fully saturated rings. The molecule has 73 heavy (non-hydrogen) atoms. The Labute approximate surface area is 429 Å². The zero-order valence-corrected chi connectivity index (χ0v) is 43.9. The number of hydrogen-bond acceptors (Lipinski definition) is 10. The Morgan fingerprint density at radius 1 is 0.329 bits per heavy atom. The zero-order valence-electron chi connectivity index (χ0n) is 41.5. The second-order valence-electron chi connectivity index (χ2n) is 17.7. The molecule has 0 aromatic heterocycles. The van der Waals surface area contributed by atoms with Crippen molar-refractivity contribution in [3.8, 4) is 0 Å². The maximum Gasteiger partial charge on any atom is 0.338 e. The van der Waals surface area contributed by atoms with E-state index in [0.717, 1.165) is 16.7 Å². The van der Waals surface area contributed by atoms with Gasteiger partial charge in [0.2, 0.25) is 30.1 Å². The van der Waals surface area contributed by atoms with E-state index < -0.39 is 42.0 Å². The second kappa shape index (κ2) is 23.8. The van der Waals surface area contributed by atoms with Gasteiger partial charge in [-0.05, 0) is 129 Å². The summed E-state index contributed by atoms with van der Waals surface area (Å²) in [4.78, 5) is 25.0. The fourth-order valence-electron chi connectivity index (χ4n) is 7.90. The molecule has 0 radical (unpaired) electrons. The lowest BCUT2D eigenvalue weighted by Crippen LogP contribution is -2.31. The van der Waals surface area contributed by atoms with E-state index in [4.69, 9.17) is 9.47 Å². The van der Waals surface area contributed by atoms with E-state index in [1.54, 1.807) is 184 Å². The molecule has 0 amide bonds. The molecule has 0 aliphatic rings. The van der Waals surface area contributed by atoms with Crippen molar-refractivity contribution in [3.05, 3.63) is 231 Å². The molecular formula is C57H59N3O10S3. The van der Waals surface area contributed by atoms with Crippen LogP contribution in [0.2, 0.25) is 0 Å². The van der Waals surface area contributed by atoms with Crippen LogP contribution in [0.25, 0.3) is 0 Å². The number of ether oxygens (including phenoxy) is 2. The first kappa shape index (κ1) is 54.0. The summed E-state index contributed by atoms with van der Waals surface area (Å²) in [6, 6.07) is 47.4. The van der Waals surface area contributed by atoms with Crippen molar-refractivity contribution in [2.24, 2.45) is 0 Å². The van der Waals surface area contributed by atoms with E-state index in [1.807, 2.05) is 20.8 Å². The largest absolute Gasteiger partial charge is 0.462 e. The highest BCUT2D eigenvalue weighted by Crippen LogP contribution is 2.27. The van der Waals surface area contributed by atoms with Gasteiger partial charge in [0.1, 0.15) is 0 Å². The summed E-state index contributed by atoms with van der Waals surface area (Å²) in [5.41, 5.74) is 7.40. The minimum atomic E-state index is -4.07. The molecular weight excluding hydrogens is 983 g/mol. The number of aryl methyl sites for hydroxylation is 3. The van der Waals surface area contributed by atoms with Crippen molar-refractivity contribution in [2.45, 2.75) is 88.6 Å². The minimum Gasteiger partial charge on any atom is -0.462 e. The van der Waals surface area contributed by atoms with Gasteiger partial charge in [-0.2, -0.15) is 12.9 Å². The van der Waals surface area contributed by atoms with Gasteiger partial charge >= 0.3 is 11.9 Å². The van der Waals surface area contributed by atoms with Crippen LogP contribution >= 0.6 is 0 Å². The smallest absolute Gasteiger partial charge is 0.338 e. The summed E-state index contributed by atoms with van der Waals surface area (Å²) in [5, 5.41) is 0. The lowest BCUT2D eigenvalue weighted by molar-refractivity contribution is 0.0516. The third-order valence-corrected chi connectivity index (χ3v) is 17.5. The van der Waals surface area contributed by atoms with E-state index in [9.17, 15) is 34.8 Å². The topological polar surface area (TPSA) is 165 Å². The number of esters is 2. The van der Waals surface area contributed by atoms with Gasteiger partial charge in [-0.1, -0.05) is 126 Å². The molecule has 380 valence electrons. The number of hydrogen-bond donors (Lipinski definition) is 0. The third-order valence-electron chi connectivity index (χ3n) is 12.1. The Morgan fingerprint density at radius 2 is 0.521 bits per heavy atom. The van der Waals surface area contributed by atoms with E-state index in [-0.39, 0.29) is 67.2 Å². The average molecular weight is 1040 g/mol. The number of sulfonamides is 3. The van der Waals surface area contributed by atoms with Crippen LogP contribution in [0.15, 0.2) is 185 Å². The van der Waals surface area contributed by atoms with Crippen molar-refractivity contribution >= 4 is 42.0 Å². The van der Waals surface area contributed by atoms with Gasteiger partial charge < -0.3 is 9.47 Å². The van der Waals surface area contributed by atoms with Crippen molar-refractivity contribution in [1.29, 1.82) is 0 Å². The summed E-state index contributed by atoms with van der Waals surface area (Å²) in [7, 11) is -12.1. The first-order chi connectivity index (χ1) is 34.8. The highest BCUT2D eigenvalue weighted by molar-refractivity contribution is 7.89. The first-order valence-electron chi connectivity index (χ1n) is 23.7. The molecule has 0 atom stereocenters. The van der Waals surface area contributed by atoms with Crippen LogP contribution in [0.1, 0.15) is 84.6 Å². The Bertz CT molecular complexity index is 3140. The highest BCUT2D eigenvalue weighted by Gasteiger charge is 2.29. The molecule has 0 bridgehead atoms. The Balaban J connectivity index is 1.13. The maximum atomic E-state index is 14.5. The summed E-state index contributed by atoms with van der Waals surface area (Å²) < 4.78 is 100. The molecule has 16 heteroatoms. The zero-order chi connectivity index (χ0) is 52.3. The van der Waals surface area contributed by atoms with Gasteiger partial charge in [0, 0.05) is 39.3 Å². The number of benzene rings is 7. The van der Waals surface area contributed by atoms with Gasteiger partial charge in [0.15, 0.2) is 0 Å². The summed E-state index contributed by atoms with van der Waals surface area (Å²) >= 11 is 0. The SMILES string of the molecule is CCOC(=O)c1ccc(CN(Cc2ccc(CN(Cc3ccc(CN(Cc4ccc(C(=O)OCC)cc4)S(=O)(=O)c4ccc(C)cc4)cc3)S(=O)(=O)c3ccc(C)cc3)cc2)S(=O)(=O)c2ccc(C)cc2)cc1. The highest BCUT2D eigenvalue weighted by atomic mass is 32.2. The molecule has 7 aromatic carbocycles. The van der Waals surface area contributed by atoms with Gasteiger partial charge in [0.25, 0.3) is 0 Å². The van der Waals surface area contributed by atoms with Crippen molar-refractivity contribution < 1.29 is 44.3 Å².